The lowest BCUT2D eigenvalue weighted by molar-refractivity contribution is 0.317. The first-order chi connectivity index (χ1) is 11.2. The Kier molecular flexibility index (Phi) is 5.75. The van der Waals surface area contributed by atoms with E-state index in [1.54, 1.807) is 6.21 Å². The highest BCUT2D eigenvalue weighted by molar-refractivity contribution is 5.83. The second-order valence-electron chi connectivity index (χ2n) is 5.25. The van der Waals surface area contributed by atoms with E-state index in [4.69, 9.17) is 14.4 Å². The van der Waals surface area contributed by atoms with Crippen LogP contribution in [-0.2, 0) is 0 Å². The van der Waals surface area contributed by atoms with E-state index in [0.29, 0.717) is 12.5 Å². The Bertz CT molecular complexity index is 714. The predicted octanol–water partition coefficient (Wildman–Crippen LogP) is 3.90. The lowest BCUT2D eigenvalue weighted by Crippen LogP contribution is -1.99. The van der Waals surface area contributed by atoms with E-state index in [2.05, 4.69) is 22.4 Å². The Morgan fingerprint density at radius 3 is 2.91 bits per heavy atom. The van der Waals surface area contributed by atoms with Gasteiger partial charge in [-0.05, 0) is 18.6 Å². The largest absolute Gasteiger partial charge is 0.493 e. The molecule has 0 radical (unpaired) electrons. The van der Waals surface area contributed by atoms with E-state index in [9.17, 15) is 0 Å². The van der Waals surface area contributed by atoms with Gasteiger partial charge in [0.25, 0.3) is 5.88 Å². The summed E-state index contributed by atoms with van der Waals surface area (Å²) >= 11 is 0. The number of benzene rings is 1. The van der Waals surface area contributed by atoms with Gasteiger partial charge >= 0.3 is 0 Å². The Hall–Kier alpha value is -2.81. The highest BCUT2D eigenvalue weighted by Gasteiger charge is 2.14. The van der Waals surface area contributed by atoms with Crippen LogP contribution in [0.25, 0.3) is 0 Å². The molecule has 6 heteroatoms. The number of rotatable bonds is 7. The minimum absolute atomic E-state index is 0.102. The molecule has 0 aliphatic rings. The lowest BCUT2D eigenvalue weighted by Gasteiger charge is -2.07. The number of hydrazone groups is 1. The molecule has 0 unspecified atom stereocenters. The van der Waals surface area contributed by atoms with Crippen LogP contribution in [0.2, 0.25) is 0 Å². The number of aromatic nitrogens is 1. The quantitative estimate of drug-likeness (QED) is 0.619. The van der Waals surface area contributed by atoms with Gasteiger partial charge in [0.05, 0.1) is 12.8 Å². The molecule has 2 aromatic rings. The summed E-state index contributed by atoms with van der Waals surface area (Å²) in [4.78, 5) is 4.12. The molecule has 120 valence electrons. The van der Waals surface area contributed by atoms with Crippen LogP contribution < -0.4 is 10.2 Å². The molecule has 1 aromatic carbocycles. The van der Waals surface area contributed by atoms with Gasteiger partial charge in [-0.1, -0.05) is 32.9 Å². The average molecular weight is 312 g/mol. The fraction of sp³-hybridized carbons (Fsp3) is 0.353. The van der Waals surface area contributed by atoms with Gasteiger partial charge in [-0.15, -0.1) is 0 Å². The second kappa shape index (κ2) is 7.99. The monoisotopic (exact) mass is 312 g/mol. The van der Waals surface area contributed by atoms with Crippen LogP contribution in [0.5, 0.6) is 5.75 Å². The summed E-state index contributed by atoms with van der Waals surface area (Å²) in [6.45, 7) is 6.59. The number of nitrogens with zero attached hydrogens (tertiary/aromatic N) is 3. The molecule has 1 aromatic heterocycles. The summed E-state index contributed by atoms with van der Waals surface area (Å²) in [5.41, 5.74) is 3.77. The number of para-hydroxylation sites is 1. The highest BCUT2D eigenvalue weighted by Crippen LogP contribution is 2.22. The van der Waals surface area contributed by atoms with Gasteiger partial charge in [-0.25, -0.2) is 10.4 Å². The first kappa shape index (κ1) is 16.6. The SMILES string of the molecule is CCCOc1ccccc1C=NNc1oc(C(C)C)nc1C#N. The van der Waals surface area contributed by atoms with Crippen LogP contribution in [0.3, 0.4) is 0 Å². The van der Waals surface area contributed by atoms with E-state index >= 15 is 0 Å². The maximum absolute atomic E-state index is 9.09. The molecule has 0 aliphatic carbocycles. The fourth-order valence-corrected chi connectivity index (χ4v) is 1.83. The Morgan fingerprint density at radius 1 is 1.43 bits per heavy atom. The predicted molar refractivity (Wildman–Crippen MR) is 88.8 cm³/mol. The molecular weight excluding hydrogens is 292 g/mol. The number of anilines is 1. The number of oxazole rings is 1. The van der Waals surface area contributed by atoms with Crippen molar-refractivity contribution in [3.05, 3.63) is 41.4 Å². The summed E-state index contributed by atoms with van der Waals surface area (Å²) in [7, 11) is 0. The zero-order valence-corrected chi connectivity index (χ0v) is 13.5. The molecule has 0 amide bonds. The van der Waals surface area contributed by atoms with Crippen molar-refractivity contribution in [3.63, 3.8) is 0 Å². The zero-order valence-electron chi connectivity index (χ0n) is 13.5. The normalized spacial score (nSPS) is 10.9. The first-order valence-corrected chi connectivity index (χ1v) is 7.57. The third-order valence-corrected chi connectivity index (χ3v) is 2.99. The first-order valence-electron chi connectivity index (χ1n) is 7.57. The van der Waals surface area contributed by atoms with Crippen LogP contribution in [0.15, 0.2) is 33.8 Å². The Labute approximate surface area is 135 Å². The van der Waals surface area contributed by atoms with Crippen LogP contribution in [0, 0.1) is 11.3 Å². The van der Waals surface area contributed by atoms with Crippen molar-refractivity contribution in [3.8, 4) is 11.8 Å². The smallest absolute Gasteiger partial charge is 0.252 e. The third kappa shape index (κ3) is 4.33. The lowest BCUT2D eigenvalue weighted by atomic mass is 10.2. The van der Waals surface area contributed by atoms with Crippen molar-refractivity contribution in [2.75, 3.05) is 12.0 Å². The van der Waals surface area contributed by atoms with E-state index in [-0.39, 0.29) is 17.5 Å². The minimum atomic E-state index is 0.102. The molecule has 6 nitrogen and oxygen atoms in total. The number of nitrogens with one attached hydrogen (secondary N) is 1. The van der Waals surface area contributed by atoms with Gasteiger partial charge in [0, 0.05) is 11.5 Å². The summed E-state index contributed by atoms with van der Waals surface area (Å²) in [5.74, 6) is 1.62. The van der Waals surface area contributed by atoms with Crippen LogP contribution >= 0.6 is 0 Å². The van der Waals surface area contributed by atoms with Crippen molar-refractivity contribution in [2.24, 2.45) is 5.10 Å². The number of nitriles is 1. The van der Waals surface area contributed by atoms with Crippen molar-refractivity contribution < 1.29 is 9.15 Å². The molecule has 0 saturated carbocycles. The summed E-state index contributed by atoms with van der Waals surface area (Å²) in [6.07, 6.45) is 2.56. The van der Waals surface area contributed by atoms with E-state index < -0.39 is 0 Å². The summed E-state index contributed by atoms with van der Waals surface area (Å²) in [5, 5.41) is 13.2. The van der Waals surface area contributed by atoms with E-state index in [0.717, 1.165) is 17.7 Å². The summed E-state index contributed by atoms with van der Waals surface area (Å²) < 4.78 is 11.2. The van der Waals surface area contributed by atoms with E-state index in [1.165, 1.54) is 0 Å². The van der Waals surface area contributed by atoms with Crippen molar-refractivity contribution in [1.29, 1.82) is 5.26 Å². The van der Waals surface area contributed by atoms with Crippen LogP contribution in [0.4, 0.5) is 5.88 Å². The molecule has 0 atom stereocenters. The van der Waals surface area contributed by atoms with Crippen molar-refractivity contribution >= 4 is 12.1 Å². The standard InChI is InChI=1S/C17H20N4O2/c1-4-9-22-15-8-6-5-7-13(15)11-19-21-17-14(10-18)20-16(23-17)12(2)3/h5-8,11-12,21H,4,9H2,1-3H3. The number of hydrogen-bond donors (Lipinski definition) is 1. The van der Waals surface area contributed by atoms with Gasteiger partial charge in [-0.2, -0.15) is 10.4 Å². The van der Waals surface area contributed by atoms with Gasteiger partial charge in [-0.3, -0.25) is 0 Å². The van der Waals surface area contributed by atoms with Crippen molar-refractivity contribution in [1.82, 2.24) is 4.98 Å². The molecule has 1 N–H and O–H groups in total. The zero-order chi connectivity index (χ0) is 16.7. The molecule has 0 bridgehead atoms. The van der Waals surface area contributed by atoms with Crippen LogP contribution in [-0.4, -0.2) is 17.8 Å². The van der Waals surface area contributed by atoms with Crippen LogP contribution in [0.1, 0.15) is 50.3 Å². The van der Waals surface area contributed by atoms with Gasteiger partial charge in [0.15, 0.2) is 0 Å². The molecular formula is C17H20N4O2. The molecule has 1 heterocycles. The number of hydrogen-bond acceptors (Lipinski definition) is 6. The Morgan fingerprint density at radius 2 is 2.22 bits per heavy atom. The molecule has 0 saturated heterocycles. The molecule has 0 aliphatic heterocycles. The maximum atomic E-state index is 9.09. The van der Waals surface area contributed by atoms with Gasteiger partial charge in [0.2, 0.25) is 11.6 Å². The number of ether oxygens (including phenoxy) is 1. The van der Waals surface area contributed by atoms with Crippen molar-refractivity contribution in [2.45, 2.75) is 33.1 Å². The van der Waals surface area contributed by atoms with Gasteiger partial charge in [0.1, 0.15) is 11.8 Å². The fourth-order valence-electron chi connectivity index (χ4n) is 1.83. The second-order valence-corrected chi connectivity index (χ2v) is 5.25. The molecule has 0 spiro atoms. The maximum Gasteiger partial charge on any atom is 0.252 e. The summed E-state index contributed by atoms with van der Waals surface area (Å²) in [6, 6.07) is 9.61. The topological polar surface area (TPSA) is 83.4 Å². The molecule has 23 heavy (non-hydrogen) atoms. The van der Waals surface area contributed by atoms with E-state index in [1.807, 2.05) is 44.2 Å². The molecule has 2 rings (SSSR count). The average Bonchev–Trinajstić information content (AvgIpc) is 2.97. The Balaban J connectivity index is 2.12. The minimum Gasteiger partial charge on any atom is -0.493 e. The van der Waals surface area contributed by atoms with Gasteiger partial charge < -0.3 is 9.15 Å². The molecule has 0 fully saturated rings. The third-order valence-electron chi connectivity index (χ3n) is 2.99. The highest BCUT2D eigenvalue weighted by atomic mass is 16.5.